The van der Waals surface area contributed by atoms with Crippen LogP contribution in [0.3, 0.4) is 0 Å². The second-order valence-electron chi connectivity index (χ2n) is 6.43. The summed E-state index contributed by atoms with van der Waals surface area (Å²) in [5.74, 6) is 0.900. The molecule has 0 radical (unpaired) electrons. The molecule has 1 aliphatic rings. The van der Waals surface area contributed by atoms with Gasteiger partial charge in [0.1, 0.15) is 0 Å². The predicted molar refractivity (Wildman–Crippen MR) is 83.9 cm³/mol. The normalized spacial score (nSPS) is 22.5. The van der Waals surface area contributed by atoms with E-state index in [1.165, 1.54) is 5.56 Å². The Kier molecular flexibility index (Phi) is 4.48. The number of para-hydroxylation sites is 1. The van der Waals surface area contributed by atoms with Gasteiger partial charge in [0.15, 0.2) is 0 Å². The summed E-state index contributed by atoms with van der Waals surface area (Å²) in [5, 5.41) is 6.51. The smallest absolute Gasteiger partial charge is 0.232 e. The number of amides is 1. The van der Waals surface area contributed by atoms with Crippen molar-refractivity contribution in [3.8, 4) is 0 Å². The molecule has 20 heavy (non-hydrogen) atoms. The van der Waals surface area contributed by atoms with Crippen molar-refractivity contribution in [2.45, 2.75) is 40.0 Å². The fraction of sp³-hybridized carbons (Fsp3) is 0.588. The first-order chi connectivity index (χ1) is 9.47. The molecule has 0 spiro atoms. The van der Waals surface area contributed by atoms with E-state index in [9.17, 15) is 4.79 Å². The highest BCUT2D eigenvalue weighted by molar-refractivity contribution is 5.96. The first-order valence-electron chi connectivity index (χ1n) is 7.58. The Labute approximate surface area is 122 Å². The van der Waals surface area contributed by atoms with Crippen molar-refractivity contribution in [1.29, 1.82) is 0 Å². The van der Waals surface area contributed by atoms with E-state index >= 15 is 0 Å². The molecule has 3 nitrogen and oxygen atoms in total. The van der Waals surface area contributed by atoms with Gasteiger partial charge in [0.05, 0.1) is 5.41 Å². The van der Waals surface area contributed by atoms with Gasteiger partial charge < -0.3 is 10.6 Å². The van der Waals surface area contributed by atoms with Gasteiger partial charge in [-0.05, 0) is 36.4 Å². The topological polar surface area (TPSA) is 41.1 Å². The van der Waals surface area contributed by atoms with Crippen LogP contribution >= 0.6 is 0 Å². The van der Waals surface area contributed by atoms with E-state index in [4.69, 9.17) is 0 Å². The minimum absolute atomic E-state index is 0.158. The third kappa shape index (κ3) is 2.73. The van der Waals surface area contributed by atoms with E-state index in [0.29, 0.717) is 11.8 Å². The lowest BCUT2D eigenvalue weighted by Gasteiger charge is -2.31. The van der Waals surface area contributed by atoms with E-state index in [1.54, 1.807) is 0 Å². The summed E-state index contributed by atoms with van der Waals surface area (Å²) in [7, 11) is 0. The van der Waals surface area contributed by atoms with Crippen LogP contribution in [0.2, 0.25) is 0 Å². The SMILES string of the molecule is CC(C)c1ccccc1NC(=O)C1(C(C)C)CCNC1. The molecular weight excluding hydrogens is 248 g/mol. The Bertz CT molecular complexity index is 474. The van der Waals surface area contributed by atoms with Crippen molar-refractivity contribution in [3.63, 3.8) is 0 Å². The number of hydrogen-bond donors (Lipinski definition) is 2. The highest BCUT2D eigenvalue weighted by Gasteiger charge is 2.43. The maximum absolute atomic E-state index is 12.8. The van der Waals surface area contributed by atoms with Gasteiger partial charge >= 0.3 is 0 Å². The largest absolute Gasteiger partial charge is 0.325 e. The van der Waals surface area contributed by atoms with Gasteiger partial charge in [0, 0.05) is 12.2 Å². The number of benzene rings is 1. The zero-order valence-corrected chi connectivity index (χ0v) is 13.0. The summed E-state index contributed by atoms with van der Waals surface area (Å²) in [5.41, 5.74) is 1.88. The van der Waals surface area contributed by atoms with Crippen LogP contribution in [0.1, 0.15) is 45.6 Å². The second kappa shape index (κ2) is 5.96. The van der Waals surface area contributed by atoms with Gasteiger partial charge in [-0.25, -0.2) is 0 Å². The molecule has 3 heteroatoms. The summed E-state index contributed by atoms with van der Waals surface area (Å²) in [6.45, 7) is 10.3. The monoisotopic (exact) mass is 274 g/mol. The van der Waals surface area contributed by atoms with Crippen molar-refractivity contribution in [1.82, 2.24) is 5.32 Å². The molecular formula is C17H26N2O. The molecule has 2 N–H and O–H groups in total. The van der Waals surface area contributed by atoms with Crippen LogP contribution in [-0.2, 0) is 4.79 Å². The minimum Gasteiger partial charge on any atom is -0.325 e. The van der Waals surface area contributed by atoms with Gasteiger partial charge in [-0.2, -0.15) is 0 Å². The average molecular weight is 274 g/mol. The fourth-order valence-electron chi connectivity index (χ4n) is 3.02. The molecule has 1 aromatic rings. The lowest BCUT2D eigenvalue weighted by atomic mass is 9.75. The maximum atomic E-state index is 12.8. The second-order valence-corrected chi connectivity index (χ2v) is 6.43. The zero-order chi connectivity index (χ0) is 14.8. The van der Waals surface area contributed by atoms with Crippen LogP contribution < -0.4 is 10.6 Å². The van der Waals surface area contributed by atoms with E-state index in [2.05, 4.69) is 44.4 Å². The Morgan fingerprint density at radius 2 is 1.95 bits per heavy atom. The Balaban J connectivity index is 2.23. The fourth-order valence-corrected chi connectivity index (χ4v) is 3.02. The van der Waals surface area contributed by atoms with Gasteiger partial charge in [-0.1, -0.05) is 45.9 Å². The lowest BCUT2D eigenvalue weighted by molar-refractivity contribution is -0.126. The molecule has 0 aromatic heterocycles. The maximum Gasteiger partial charge on any atom is 0.232 e. The number of carbonyl (C=O) groups excluding carboxylic acids is 1. The zero-order valence-electron chi connectivity index (χ0n) is 13.0. The van der Waals surface area contributed by atoms with Gasteiger partial charge in [-0.15, -0.1) is 0 Å². The first-order valence-corrected chi connectivity index (χ1v) is 7.58. The minimum atomic E-state index is -0.274. The summed E-state index contributed by atoms with van der Waals surface area (Å²) in [6, 6.07) is 8.11. The molecule has 1 amide bonds. The van der Waals surface area contributed by atoms with Crippen LogP contribution in [0.15, 0.2) is 24.3 Å². The van der Waals surface area contributed by atoms with Crippen molar-refractivity contribution >= 4 is 11.6 Å². The number of rotatable bonds is 4. The lowest BCUT2D eigenvalue weighted by Crippen LogP contribution is -2.42. The molecule has 1 aromatic carbocycles. The van der Waals surface area contributed by atoms with Crippen LogP contribution in [0.4, 0.5) is 5.69 Å². The molecule has 0 aliphatic carbocycles. The van der Waals surface area contributed by atoms with E-state index in [1.807, 2.05) is 18.2 Å². The molecule has 1 saturated heterocycles. The van der Waals surface area contributed by atoms with E-state index < -0.39 is 0 Å². The molecule has 1 heterocycles. The van der Waals surface area contributed by atoms with E-state index in [0.717, 1.165) is 25.2 Å². The van der Waals surface area contributed by atoms with Crippen LogP contribution in [0.5, 0.6) is 0 Å². The van der Waals surface area contributed by atoms with Gasteiger partial charge in [0.25, 0.3) is 0 Å². The Morgan fingerprint density at radius 1 is 1.25 bits per heavy atom. The molecule has 1 unspecified atom stereocenters. The van der Waals surface area contributed by atoms with Crippen molar-refractivity contribution in [3.05, 3.63) is 29.8 Å². The number of hydrogen-bond acceptors (Lipinski definition) is 2. The standard InChI is InChI=1S/C17H26N2O/c1-12(2)14-7-5-6-8-15(14)19-16(20)17(13(3)4)9-10-18-11-17/h5-8,12-13,18H,9-11H2,1-4H3,(H,19,20). The summed E-state index contributed by atoms with van der Waals surface area (Å²) in [6.07, 6.45) is 0.917. The average Bonchev–Trinajstić information content (AvgIpc) is 2.89. The van der Waals surface area contributed by atoms with Crippen molar-refractivity contribution < 1.29 is 4.79 Å². The quantitative estimate of drug-likeness (QED) is 0.883. The molecule has 0 saturated carbocycles. The van der Waals surface area contributed by atoms with Crippen LogP contribution in [0.25, 0.3) is 0 Å². The van der Waals surface area contributed by atoms with Crippen molar-refractivity contribution in [2.75, 3.05) is 18.4 Å². The molecule has 1 fully saturated rings. The summed E-state index contributed by atoms with van der Waals surface area (Å²) >= 11 is 0. The van der Waals surface area contributed by atoms with Gasteiger partial charge in [-0.3, -0.25) is 4.79 Å². The third-order valence-electron chi connectivity index (χ3n) is 4.58. The van der Waals surface area contributed by atoms with Crippen molar-refractivity contribution in [2.24, 2.45) is 11.3 Å². The summed E-state index contributed by atoms with van der Waals surface area (Å²) in [4.78, 5) is 12.8. The molecule has 2 rings (SSSR count). The van der Waals surface area contributed by atoms with Crippen LogP contribution in [0, 0.1) is 11.3 Å². The van der Waals surface area contributed by atoms with E-state index in [-0.39, 0.29) is 11.3 Å². The number of nitrogens with one attached hydrogen (secondary N) is 2. The number of anilines is 1. The summed E-state index contributed by atoms with van der Waals surface area (Å²) < 4.78 is 0. The third-order valence-corrected chi connectivity index (χ3v) is 4.58. The molecule has 1 aliphatic heterocycles. The molecule has 1 atom stereocenters. The van der Waals surface area contributed by atoms with Crippen LogP contribution in [-0.4, -0.2) is 19.0 Å². The van der Waals surface area contributed by atoms with Gasteiger partial charge in [0.2, 0.25) is 5.91 Å². The Hall–Kier alpha value is -1.35. The predicted octanol–water partition coefficient (Wildman–Crippen LogP) is 3.38. The highest BCUT2D eigenvalue weighted by Crippen LogP contribution is 2.36. The molecule has 0 bridgehead atoms. The highest BCUT2D eigenvalue weighted by atomic mass is 16.2. The molecule has 110 valence electrons. The first kappa shape index (κ1) is 15.0. The Morgan fingerprint density at radius 3 is 2.50 bits per heavy atom. The number of carbonyl (C=O) groups is 1.